The van der Waals surface area contributed by atoms with Crippen LogP contribution in [0.25, 0.3) is 0 Å². The third-order valence-electron chi connectivity index (χ3n) is 7.29. The third kappa shape index (κ3) is 8.71. The molecule has 1 atom stereocenters. The van der Waals surface area contributed by atoms with Crippen LogP contribution in [0.15, 0.2) is 54.9 Å². The van der Waals surface area contributed by atoms with Crippen molar-refractivity contribution in [2.45, 2.75) is 77.7 Å². The highest BCUT2D eigenvalue weighted by atomic mass is 16.5. The number of rotatable bonds is 14. The summed E-state index contributed by atoms with van der Waals surface area (Å²) < 4.78 is 16.9. The number of pyridine rings is 1. The fourth-order valence-corrected chi connectivity index (χ4v) is 5.09. The second-order valence-corrected chi connectivity index (χ2v) is 11.4. The largest absolute Gasteiger partial charge is 0.496 e. The first-order valence-electron chi connectivity index (χ1n) is 14.5. The standard InChI is InChI=1S/C34H45N3O5/c1-8-9-10-12-24(32-29(41-6)19-26(40-5)20-30(32)42-7)18-31(38)37-28-17-23(14-15-27(28)34(2,3)4)21-36-33(39)25-13-11-16-35-22-25/h11,13-17,19-20,22,24H,8-10,12,18,21H2,1-7H3,(H,36,39)(H,37,38). The van der Waals surface area contributed by atoms with Crippen LogP contribution in [0.5, 0.6) is 17.2 Å². The molecule has 0 saturated heterocycles. The van der Waals surface area contributed by atoms with E-state index in [2.05, 4.69) is 43.3 Å². The SMILES string of the molecule is CCCCCC(CC(=O)Nc1cc(CNC(=O)c2cccnc2)ccc1C(C)(C)C)c1c(OC)cc(OC)cc1OC. The molecule has 2 amide bonds. The number of nitrogens with one attached hydrogen (secondary N) is 2. The summed E-state index contributed by atoms with van der Waals surface area (Å²) in [4.78, 5) is 30.3. The lowest BCUT2D eigenvalue weighted by Crippen LogP contribution is -2.24. The molecule has 0 saturated carbocycles. The van der Waals surface area contributed by atoms with Crippen LogP contribution in [0.4, 0.5) is 5.69 Å². The van der Waals surface area contributed by atoms with Crippen LogP contribution >= 0.6 is 0 Å². The van der Waals surface area contributed by atoms with Crippen molar-refractivity contribution in [2.75, 3.05) is 26.6 Å². The topological polar surface area (TPSA) is 98.8 Å². The summed E-state index contributed by atoms with van der Waals surface area (Å²) in [7, 11) is 4.84. The summed E-state index contributed by atoms with van der Waals surface area (Å²) >= 11 is 0. The van der Waals surface area contributed by atoms with E-state index in [9.17, 15) is 9.59 Å². The Hall–Kier alpha value is -4.07. The van der Waals surface area contributed by atoms with Gasteiger partial charge in [0.15, 0.2) is 0 Å². The molecule has 0 bridgehead atoms. The predicted octanol–water partition coefficient (Wildman–Crippen LogP) is 7.03. The summed E-state index contributed by atoms with van der Waals surface area (Å²) in [5.41, 5.74) is 3.80. The van der Waals surface area contributed by atoms with Crippen LogP contribution < -0.4 is 24.8 Å². The Balaban J connectivity index is 1.87. The van der Waals surface area contributed by atoms with E-state index >= 15 is 0 Å². The average Bonchev–Trinajstić information content (AvgIpc) is 2.98. The summed E-state index contributed by atoms with van der Waals surface area (Å²) in [5.74, 6) is 1.49. The van der Waals surface area contributed by atoms with Gasteiger partial charge in [0.1, 0.15) is 17.2 Å². The van der Waals surface area contributed by atoms with E-state index in [1.165, 1.54) is 6.20 Å². The molecule has 8 nitrogen and oxygen atoms in total. The highest BCUT2D eigenvalue weighted by Crippen LogP contribution is 2.43. The number of nitrogens with zero attached hydrogens (tertiary/aromatic N) is 1. The Labute approximate surface area is 250 Å². The molecule has 0 spiro atoms. The quantitative estimate of drug-likeness (QED) is 0.200. The zero-order chi connectivity index (χ0) is 30.7. The van der Waals surface area contributed by atoms with Gasteiger partial charge in [-0.25, -0.2) is 0 Å². The molecule has 0 fully saturated rings. The Morgan fingerprint density at radius 1 is 0.952 bits per heavy atom. The van der Waals surface area contributed by atoms with E-state index in [1.54, 1.807) is 39.7 Å². The van der Waals surface area contributed by atoms with Crippen molar-refractivity contribution >= 4 is 17.5 Å². The number of unbranched alkanes of at least 4 members (excludes halogenated alkanes) is 2. The van der Waals surface area contributed by atoms with Gasteiger partial charge in [-0.15, -0.1) is 0 Å². The first-order valence-corrected chi connectivity index (χ1v) is 14.5. The van der Waals surface area contributed by atoms with Gasteiger partial charge in [-0.05, 0) is 47.1 Å². The average molecular weight is 576 g/mol. The lowest BCUT2D eigenvalue weighted by atomic mass is 9.84. The van der Waals surface area contributed by atoms with Gasteiger partial charge >= 0.3 is 0 Å². The van der Waals surface area contributed by atoms with E-state index in [-0.39, 0.29) is 29.6 Å². The molecule has 2 aromatic carbocycles. The number of methoxy groups -OCH3 is 3. The lowest BCUT2D eigenvalue weighted by Gasteiger charge is -2.26. The smallest absolute Gasteiger partial charge is 0.253 e. The second-order valence-electron chi connectivity index (χ2n) is 11.4. The number of ether oxygens (including phenoxy) is 3. The van der Waals surface area contributed by atoms with E-state index in [0.29, 0.717) is 29.4 Å². The van der Waals surface area contributed by atoms with E-state index in [4.69, 9.17) is 14.2 Å². The third-order valence-corrected chi connectivity index (χ3v) is 7.29. The molecular weight excluding hydrogens is 530 g/mol. The Morgan fingerprint density at radius 2 is 1.67 bits per heavy atom. The number of amides is 2. The van der Waals surface area contributed by atoms with E-state index in [0.717, 1.165) is 48.1 Å². The van der Waals surface area contributed by atoms with Gasteiger partial charge in [-0.1, -0.05) is 59.1 Å². The lowest BCUT2D eigenvalue weighted by molar-refractivity contribution is -0.116. The van der Waals surface area contributed by atoms with Gasteiger partial charge in [-0.2, -0.15) is 0 Å². The summed E-state index contributed by atoms with van der Waals surface area (Å²) in [6.45, 7) is 8.82. The minimum absolute atomic E-state index is 0.0986. The van der Waals surface area contributed by atoms with Gasteiger partial charge in [0.2, 0.25) is 5.91 Å². The number of aromatic nitrogens is 1. The maximum Gasteiger partial charge on any atom is 0.253 e. The zero-order valence-corrected chi connectivity index (χ0v) is 26.0. The maximum absolute atomic E-state index is 13.7. The predicted molar refractivity (Wildman–Crippen MR) is 167 cm³/mol. The first kappa shape index (κ1) is 32.4. The first-order chi connectivity index (χ1) is 20.1. The molecule has 1 heterocycles. The molecule has 3 aromatic rings. The van der Waals surface area contributed by atoms with Crippen LogP contribution in [-0.2, 0) is 16.8 Å². The van der Waals surface area contributed by atoms with Gasteiger partial charge in [-0.3, -0.25) is 14.6 Å². The Bertz CT molecular complexity index is 1310. The molecule has 0 aliphatic rings. The Kier molecular flexibility index (Phi) is 11.8. The molecular formula is C34H45N3O5. The minimum atomic E-state index is -0.205. The normalized spacial score (nSPS) is 11.9. The molecule has 2 N–H and O–H groups in total. The highest BCUT2D eigenvalue weighted by Gasteiger charge is 2.26. The Morgan fingerprint density at radius 3 is 2.24 bits per heavy atom. The van der Waals surface area contributed by atoms with Gasteiger partial charge < -0.3 is 24.8 Å². The van der Waals surface area contributed by atoms with Gasteiger partial charge in [0.25, 0.3) is 5.91 Å². The monoisotopic (exact) mass is 575 g/mol. The van der Waals surface area contributed by atoms with Gasteiger partial charge in [0, 0.05) is 48.7 Å². The van der Waals surface area contributed by atoms with Crippen molar-refractivity contribution in [1.82, 2.24) is 10.3 Å². The van der Waals surface area contributed by atoms with Crippen LogP contribution in [0.3, 0.4) is 0 Å². The molecule has 3 rings (SSSR count). The van der Waals surface area contributed by atoms with Gasteiger partial charge in [0.05, 0.1) is 26.9 Å². The van der Waals surface area contributed by atoms with Crippen molar-refractivity contribution in [3.05, 3.63) is 77.1 Å². The fraction of sp³-hybridized carbons (Fsp3) is 0.441. The fourth-order valence-electron chi connectivity index (χ4n) is 5.09. The number of hydrogen-bond acceptors (Lipinski definition) is 6. The second kappa shape index (κ2) is 15.2. The van der Waals surface area contributed by atoms with E-state index < -0.39 is 0 Å². The zero-order valence-electron chi connectivity index (χ0n) is 26.0. The number of benzene rings is 2. The van der Waals surface area contributed by atoms with Crippen molar-refractivity contribution in [3.8, 4) is 17.2 Å². The van der Waals surface area contributed by atoms with Crippen molar-refractivity contribution in [2.24, 2.45) is 0 Å². The highest BCUT2D eigenvalue weighted by molar-refractivity contribution is 5.94. The summed E-state index contributed by atoms with van der Waals surface area (Å²) in [5, 5.41) is 6.14. The molecule has 8 heteroatoms. The van der Waals surface area contributed by atoms with Crippen molar-refractivity contribution in [3.63, 3.8) is 0 Å². The van der Waals surface area contributed by atoms with Crippen LogP contribution in [-0.4, -0.2) is 38.1 Å². The minimum Gasteiger partial charge on any atom is -0.496 e. The number of carbonyl (C=O) groups excluding carboxylic acids is 2. The van der Waals surface area contributed by atoms with Crippen LogP contribution in [0.1, 0.15) is 92.8 Å². The van der Waals surface area contributed by atoms with E-state index in [1.807, 2.05) is 30.3 Å². The summed E-state index contributed by atoms with van der Waals surface area (Å²) in [6.07, 6.45) is 7.36. The van der Waals surface area contributed by atoms with Crippen LogP contribution in [0.2, 0.25) is 0 Å². The number of hydrogen-bond donors (Lipinski definition) is 2. The maximum atomic E-state index is 13.7. The molecule has 1 aromatic heterocycles. The van der Waals surface area contributed by atoms with Crippen molar-refractivity contribution < 1.29 is 23.8 Å². The molecule has 1 unspecified atom stereocenters. The molecule has 0 aliphatic carbocycles. The van der Waals surface area contributed by atoms with Crippen molar-refractivity contribution in [1.29, 1.82) is 0 Å². The molecule has 42 heavy (non-hydrogen) atoms. The molecule has 226 valence electrons. The molecule has 0 aliphatic heterocycles. The number of anilines is 1. The summed E-state index contributed by atoms with van der Waals surface area (Å²) in [6, 6.07) is 13.1. The van der Waals surface area contributed by atoms with Crippen LogP contribution in [0, 0.1) is 0 Å². The molecule has 0 radical (unpaired) electrons. The number of carbonyl (C=O) groups is 2.